The minimum absolute atomic E-state index is 1.24. The van der Waals surface area contributed by atoms with Crippen LogP contribution in [0, 0.1) is 0 Å². The van der Waals surface area contributed by atoms with Crippen molar-refractivity contribution in [2.45, 2.75) is 19.3 Å². The Morgan fingerprint density at radius 2 is 1.73 bits per heavy atom. The van der Waals surface area contributed by atoms with Gasteiger partial charge in [-0.05, 0) is 41.2 Å². The molecule has 74 valence electrons. The SMILES string of the molecule is C1=C(c2cccc3ccccc23)CCC1. The van der Waals surface area contributed by atoms with Crippen molar-refractivity contribution in [3.8, 4) is 0 Å². The van der Waals surface area contributed by atoms with Crippen LogP contribution in [-0.2, 0) is 0 Å². The highest BCUT2D eigenvalue weighted by Crippen LogP contribution is 2.32. The van der Waals surface area contributed by atoms with E-state index < -0.39 is 0 Å². The molecule has 1 aliphatic carbocycles. The monoisotopic (exact) mass is 194 g/mol. The lowest BCUT2D eigenvalue weighted by Gasteiger charge is -2.06. The summed E-state index contributed by atoms with van der Waals surface area (Å²) < 4.78 is 0. The summed E-state index contributed by atoms with van der Waals surface area (Å²) in [7, 11) is 0. The quantitative estimate of drug-likeness (QED) is 0.631. The topological polar surface area (TPSA) is 0 Å². The lowest BCUT2D eigenvalue weighted by molar-refractivity contribution is 0.936. The third-order valence-corrected chi connectivity index (χ3v) is 3.18. The number of fused-ring (bicyclic) bond motifs is 1. The van der Waals surface area contributed by atoms with Gasteiger partial charge in [0.15, 0.2) is 0 Å². The van der Waals surface area contributed by atoms with Gasteiger partial charge in [0.05, 0.1) is 0 Å². The lowest BCUT2D eigenvalue weighted by Crippen LogP contribution is -1.83. The molecule has 2 aromatic carbocycles. The maximum Gasteiger partial charge on any atom is -0.0109 e. The average Bonchev–Trinajstić information content (AvgIpc) is 2.82. The van der Waals surface area contributed by atoms with Crippen molar-refractivity contribution in [3.05, 3.63) is 54.1 Å². The van der Waals surface area contributed by atoms with Gasteiger partial charge in [-0.25, -0.2) is 0 Å². The first-order valence-corrected chi connectivity index (χ1v) is 5.62. The number of benzene rings is 2. The maximum atomic E-state index is 2.39. The Morgan fingerprint density at radius 3 is 2.60 bits per heavy atom. The molecule has 0 amide bonds. The molecule has 0 unspecified atom stereocenters. The molecule has 2 aromatic rings. The molecule has 3 rings (SSSR count). The standard InChI is InChI=1S/C15H14/c1-2-7-12(6-1)15-11-5-9-13-8-3-4-10-14(13)15/h3-6,8-11H,1-2,7H2. The fourth-order valence-electron chi connectivity index (χ4n) is 2.42. The molecule has 0 fully saturated rings. The molecule has 0 atom stereocenters. The summed E-state index contributed by atoms with van der Waals surface area (Å²) in [6, 6.07) is 15.2. The van der Waals surface area contributed by atoms with E-state index >= 15 is 0 Å². The normalized spacial score (nSPS) is 15.6. The number of allylic oxidation sites excluding steroid dienone is 2. The fraction of sp³-hybridized carbons (Fsp3) is 0.200. The van der Waals surface area contributed by atoms with Crippen LogP contribution in [-0.4, -0.2) is 0 Å². The summed E-state index contributed by atoms with van der Waals surface area (Å²) >= 11 is 0. The molecular formula is C15H14. The average molecular weight is 194 g/mol. The van der Waals surface area contributed by atoms with Gasteiger partial charge in [0.1, 0.15) is 0 Å². The molecule has 15 heavy (non-hydrogen) atoms. The zero-order chi connectivity index (χ0) is 10.1. The van der Waals surface area contributed by atoms with Gasteiger partial charge in [0, 0.05) is 0 Å². The van der Waals surface area contributed by atoms with E-state index in [1.54, 1.807) is 0 Å². The summed E-state index contributed by atoms with van der Waals surface area (Å²) in [4.78, 5) is 0. The van der Waals surface area contributed by atoms with Crippen LogP contribution in [0.3, 0.4) is 0 Å². The van der Waals surface area contributed by atoms with Gasteiger partial charge in [-0.2, -0.15) is 0 Å². The van der Waals surface area contributed by atoms with Gasteiger partial charge in [-0.3, -0.25) is 0 Å². The van der Waals surface area contributed by atoms with Crippen molar-refractivity contribution in [3.63, 3.8) is 0 Å². The number of hydrogen-bond acceptors (Lipinski definition) is 0. The number of hydrogen-bond donors (Lipinski definition) is 0. The lowest BCUT2D eigenvalue weighted by atomic mass is 9.98. The predicted molar refractivity (Wildman–Crippen MR) is 65.8 cm³/mol. The van der Waals surface area contributed by atoms with E-state index in [0.717, 1.165) is 0 Å². The third-order valence-electron chi connectivity index (χ3n) is 3.18. The highest BCUT2D eigenvalue weighted by Gasteiger charge is 2.09. The van der Waals surface area contributed by atoms with Crippen LogP contribution in [0.15, 0.2) is 48.5 Å². The highest BCUT2D eigenvalue weighted by atomic mass is 14.1. The summed E-state index contributed by atoms with van der Waals surface area (Å²) in [6.45, 7) is 0. The Morgan fingerprint density at radius 1 is 0.867 bits per heavy atom. The first-order chi connectivity index (χ1) is 7.45. The first-order valence-electron chi connectivity index (χ1n) is 5.62. The van der Waals surface area contributed by atoms with Crippen LogP contribution in [0.4, 0.5) is 0 Å². The molecular weight excluding hydrogens is 180 g/mol. The third kappa shape index (κ3) is 1.46. The van der Waals surface area contributed by atoms with Gasteiger partial charge in [0.25, 0.3) is 0 Å². The summed E-state index contributed by atoms with van der Waals surface area (Å²) in [5.74, 6) is 0. The van der Waals surface area contributed by atoms with Crippen molar-refractivity contribution in [2.24, 2.45) is 0 Å². The Bertz CT molecular complexity index is 515. The zero-order valence-corrected chi connectivity index (χ0v) is 8.74. The van der Waals surface area contributed by atoms with Crippen LogP contribution >= 0.6 is 0 Å². The smallest absolute Gasteiger partial charge is 0.0109 e. The minimum atomic E-state index is 1.24. The second-order valence-corrected chi connectivity index (χ2v) is 4.15. The summed E-state index contributed by atoms with van der Waals surface area (Å²) in [5, 5.41) is 2.75. The number of rotatable bonds is 1. The molecule has 0 N–H and O–H groups in total. The molecule has 0 bridgehead atoms. The van der Waals surface area contributed by atoms with Crippen LogP contribution in [0.25, 0.3) is 16.3 Å². The Labute approximate surface area is 90.2 Å². The van der Waals surface area contributed by atoms with Gasteiger partial charge >= 0.3 is 0 Å². The Hall–Kier alpha value is -1.56. The second-order valence-electron chi connectivity index (χ2n) is 4.15. The van der Waals surface area contributed by atoms with E-state index in [1.807, 2.05) is 0 Å². The van der Waals surface area contributed by atoms with Gasteiger partial charge in [-0.15, -0.1) is 0 Å². The molecule has 0 saturated heterocycles. The van der Waals surface area contributed by atoms with E-state index in [4.69, 9.17) is 0 Å². The van der Waals surface area contributed by atoms with Gasteiger partial charge in [-0.1, -0.05) is 48.5 Å². The zero-order valence-electron chi connectivity index (χ0n) is 8.74. The van der Waals surface area contributed by atoms with E-state index in [-0.39, 0.29) is 0 Å². The van der Waals surface area contributed by atoms with Gasteiger partial charge in [0.2, 0.25) is 0 Å². The largest absolute Gasteiger partial charge is 0.0807 e. The molecule has 0 heterocycles. The highest BCUT2D eigenvalue weighted by molar-refractivity contribution is 5.94. The van der Waals surface area contributed by atoms with Crippen molar-refractivity contribution in [2.75, 3.05) is 0 Å². The predicted octanol–water partition coefficient (Wildman–Crippen LogP) is 4.41. The van der Waals surface area contributed by atoms with Crippen molar-refractivity contribution in [1.82, 2.24) is 0 Å². The summed E-state index contributed by atoms with van der Waals surface area (Å²) in [5.41, 5.74) is 2.97. The summed E-state index contributed by atoms with van der Waals surface area (Å²) in [6.07, 6.45) is 6.20. The van der Waals surface area contributed by atoms with Crippen molar-refractivity contribution >= 4 is 16.3 Å². The van der Waals surface area contributed by atoms with Crippen LogP contribution in [0.5, 0.6) is 0 Å². The molecule has 0 heteroatoms. The molecule has 0 aromatic heterocycles. The maximum absolute atomic E-state index is 2.39. The van der Waals surface area contributed by atoms with E-state index in [2.05, 4.69) is 48.5 Å². The molecule has 0 saturated carbocycles. The van der Waals surface area contributed by atoms with Crippen LogP contribution < -0.4 is 0 Å². The molecule has 0 spiro atoms. The van der Waals surface area contributed by atoms with E-state index in [9.17, 15) is 0 Å². The fourth-order valence-corrected chi connectivity index (χ4v) is 2.42. The molecule has 0 radical (unpaired) electrons. The van der Waals surface area contributed by atoms with Crippen LogP contribution in [0.1, 0.15) is 24.8 Å². The van der Waals surface area contributed by atoms with Gasteiger partial charge < -0.3 is 0 Å². The van der Waals surface area contributed by atoms with E-state index in [0.29, 0.717) is 0 Å². The van der Waals surface area contributed by atoms with E-state index in [1.165, 1.54) is 41.2 Å². The second kappa shape index (κ2) is 3.54. The molecule has 1 aliphatic rings. The van der Waals surface area contributed by atoms with Crippen LogP contribution in [0.2, 0.25) is 0 Å². The minimum Gasteiger partial charge on any atom is -0.0807 e. The first kappa shape index (κ1) is 8.72. The molecule has 0 aliphatic heterocycles. The van der Waals surface area contributed by atoms with Crippen molar-refractivity contribution < 1.29 is 0 Å². The Balaban J connectivity index is 2.26. The Kier molecular flexibility index (Phi) is 2.06. The van der Waals surface area contributed by atoms with Crippen molar-refractivity contribution in [1.29, 1.82) is 0 Å². The molecule has 0 nitrogen and oxygen atoms in total.